The van der Waals surface area contributed by atoms with Gasteiger partial charge in [0, 0.05) is 5.69 Å². The lowest BCUT2D eigenvalue weighted by Crippen LogP contribution is -2.27. The monoisotopic (exact) mass is 395 g/mol. The van der Waals surface area contributed by atoms with Crippen LogP contribution in [-0.4, -0.2) is 30.3 Å². The molecule has 1 atom stereocenters. The van der Waals surface area contributed by atoms with Crippen LogP contribution in [0.1, 0.15) is 30.9 Å². The lowest BCUT2D eigenvalue weighted by Gasteiger charge is -2.13. The number of rotatable bonds is 7. The average Bonchev–Trinajstić information content (AvgIpc) is 2.64. The van der Waals surface area contributed by atoms with Crippen molar-refractivity contribution in [3.63, 3.8) is 0 Å². The number of hydrogen-bond donors (Lipinski definition) is 3. The number of nitrogens with one attached hydrogen (secondary N) is 1. The van der Waals surface area contributed by atoms with Crippen LogP contribution in [0.15, 0.2) is 53.5 Å². The maximum Gasteiger partial charge on any atom is 0.416 e. The Hall–Kier alpha value is -2.74. The van der Waals surface area contributed by atoms with E-state index in [1.165, 1.54) is 12.1 Å². The minimum Gasteiger partial charge on any atom is -0.491 e. The maximum absolute atomic E-state index is 12.7. The van der Waals surface area contributed by atoms with Crippen molar-refractivity contribution in [3.05, 3.63) is 59.7 Å². The van der Waals surface area contributed by atoms with Gasteiger partial charge in [-0.05, 0) is 41.8 Å². The molecular weight excluding hydrogens is 371 g/mol. The van der Waals surface area contributed by atoms with Gasteiger partial charge >= 0.3 is 6.18 Å². The SMILES string of the molecule is CC(C)c1cccc(NC(N)=NCC(O)COc2cccc(C(F)(F)F)c2)c1. The van der Waals surface area contributed by atoms with Gasteiger partial charge in [0.2, 0.25) is 0 Å². The predicted octanol–water partition coefficient (Wildman–Crippen LogP) is 4.00. The van der Waals surface area contributed by atoms with Gasteiger partial charge in [-0.2, -0.15) is 13.2 Å². The molecule has 0 bridgehead atoms. The normalized spacial score (nSPS) is 13.5. The second-order valence-electron chi connectivity index (χ2n) is 6.62. The Labute approximate surface area is 162 Å². The van der Waals surface area contributed by atoms with Crippen LogP contribution < -0.4 is 15.8 Å². The zero-order valence-electron chi connectivity index (χ0n) is 15.7. The van der Waals surface area contributed by atoms with Gasteiger partial charge < -0.3 is 20.9 Å². The van der Waals surface area contributed by atoms with E-state index in [0.717, 1.165) is 23.4 Å². The topological polar surface area (TPSA) is 79.9 Å². The molecule has 0 heterocycles. The molecule has 0 amide bonds. The van der Waals surface area contributed by atoms with Gasteiger partial charge in [0.05, 0.1) is 12.1 Å². The average molecular weight is 395 g/mol. The zero-order valence-corrected chi connectivity index (χ0v) is 15.7. The second-order valence-corrected chi connectivity index (χ2v) is 6.62. The molecule has 5 nitrogen and oxygen atoms in total. The number of nitrogens with two attached hydrogens (primary N) is 1. The highest BCUT2D eigenvalue weighted by Gasteiger charge is 2.30. The van der Waals surface area contributed by atoms with Gasteiger partial charge in [-0.15, -0.1) is 0 Å². The van der Waals surface area contributed by atoms with Crippen LogP contribution in [0.4, 0.5) is 18.9 Å². The van der Waals surface area contributed by atoms with E-state index < -0.39 is 17.8 Å². The molecule has 1 unspecified atom stereocenters. The zero-order chi connectivity index (χ0) is 20.7. The van der Waals surface area contributed by atoms with Gasteiger partial charge in [0.1, 0.15) is 18.5 Å². The lowest BCUT2D eigenvalue weighted by molar-refractivity contribution is -0.137. The van der Waals surface area contributed by atoms with E-state index in [-0.39, 0.29) is 24.9 Å². The first-order chi connectivity index (χ1) is 13.1. The van der Waals surface area contributed by atoms with Crippen molar-refractivity contribution in [3.8, 4) is 5.75 Å². The van der Waals surface area contributed by atoms with Crippen LogP contribution in [0.25, 0.3) is 0 Å². The fourth-order valence-corrected chi connectivity index (χ4v) is 2.37. The van der Waals surface area contributed by atoms with E-state index in [1.807, 2.05) is 24.3 Å². The number of guanidine groups is 1. The minimum absolute atomic E-state index is 0.0226. The Morgan fingerprint density at radius 1 is 1.18 bits per heavy atom. The predicted molar refractivity (Wildman–Crippen MR) is 104 cm³/mol. The standard InChI is InChI=1S/C20H24F3N3O2/c1-13(2)14-5-3-7-16(9-14)26-19(24)25-11-17(27)12-28-18-8-4-6-15(10-18)20(21,22)23/h3-10,13,17,27H,11-12H2,1-2H3,(H3,24,25,26). The van der Waals surface area contributed by atoms with E-state index in [0.29, 0.717) is 5.92 Å². The molecule has 0 aromatic heterocycles. The maximum atomic E-state index is 12.7. The van der Waals surface area contributed by atoms with Crippen LogP contribution in [0.2, 0.25) is 0 Å². The molecule has 0 aliphatic heterocycles. The molecule has 2 aromatic carbocycles. The van der Waals surface area contributed by atoms with Crippen LogP contribution in [0.5, 0.6) is 5.75 Å². The molecule has 2 rings (SSSR count). The summed E-state index contributed by atoms with van der Waals surface area (Å²) in [6.45, 7) is 3.90. The van der Waals surface area contributed by atoms with Crippen LogP contribution in [0.3, 0.4) is 0 Å². The third-order valence-corrected chi connectivity index (χ3v) is 3.90. The fraction of sp³-hybridized carbons (Fsp3) is 0.350. The van der Waals surface area contributed by atoms with Gasteiger partial charge in [0.15, 0.2) is 5.96 Å². The van der Waals surface area contributed by atoms with Crippen molar-refractivity contribution in [1.82, 2.24) is 0 Å². The summed E-state index contributed by atoms with van der Waals surface area (Å²) in [6, 6.07) is 12.2. The molecule has 0 radical (unpaired) electrons. The Morgan fingerprint density at radius 2 is 1.89 bits per heavy atom. The van der Waals surface area contributed by atoms with Crippen molar-refractivity contribution >= 4 is 11.6 Å². The molecule has 0 fully saturated rings. The Kier molecular flexibility index (Phi) is 7.28. The molecule has 152 valence electrons. The van der Waals surface area contributed by atoms with Crippen molar-refractivity contribution < 1.29 is 23.0 Å². The summed E-state index contributed by atoms with van der Waals surface area (Å²) < 4.78 is 43.3. The summed E-state index contributed by atoms with van der Waals surface area (Å²) in [4.78, 5) is 4.04. The number of halogens is 3. The molecule has 0 aliphatic carbocycles. The number of alkyl halides is 3. The molecule has 0 saturated carbocycles. The second kappa shape index (κ2) is 9.45. The van der Waals surface area contributed by atoms with Crippen LogP contribution in [-0.2, 0) is 6.18 Å². The molecule has 0 aliphatic rings. The quantitative estimate of drug-likeness (QED) is 0.489. The summed E-state index contributed by atoms with van der Waals surface area (Å²) in [5.74, 6) is 0.517. The highest BCUT2D eigenvalue weighted by molar-refractivity contribution is 5.92. The number of nitrogens with zero attached hydrogens (tertiary/aromatic N) is 1. The summed E-state index contributed by atoms with van der Waals surface area (Å²) in [6.07, 6.45) is -5.47. The van der Waals surface area contributed by atoms with Gasteiger partial charge in [0.25, 0.3) is 0 Å². The number of hydrogen-bond acceptors (Lipinski definition) is 3. The lowest BCUT2D eigenvalue weighted by atomic mass is 10.0. The highest BCUT2D eigenvalue weighted by Crippen LogP contribution is 2.31. The summed E-state index contributed by atoms with van der Waals surface area (Å²) in [5.41, 5.74) is 6.93. The van der Waals surface area contributed by atoms with Gasteiger partial charge in [-0.1, -0.05) is 32.0 Å². The number of anilines is 1. The van der Waals surface area contributed by atoms with E-state index in [1.54, 1.807) is 0 Å². The Balaban J connectivity index is 1.86. The van der Waals surface area contributed by atoms with E-state index in [2.05, 4.69) is 24.2 Å². The van der Waals surface area contributed by atoms with E-state index in [9.17, 15) is 18.3 Å². The number of ether oxygens (including phenoxy) is 1. The summed E-state index contributed by atoms with van der Waals surface area (Å²) in [5, 5.41) is 12.9. The third-order valence-electron chi connectivity index (χ3n) is 3.90. The fourth-order valence-electron chi connectivity index (χ4n) is 2.37. The summed E-state index contributed by atoms with van der Waals surface area (Å²) in [7, 11) is 0. The molecule has 0 spiro atoms. The van der Waals surface area contributed by atoms with E-state index in [4.69, 9.17) is 10.5 Å². The molecule has 2 aromatic rings. The highest BCUT2D eigenvalue weighted by atomic mass is 19.4. The van der Waals surface area contributed by atoms with Gasteiger partial charge in [-0.25, -0.2) is 0 Å². The van der Waals surface area contributed by atoms with Crippen molar-refractivity contribution in [2.75, 3.05) is 18.5 Å². The smallest absolute Gasteiger partial charge is 0.416 e. The van der Waals surface area contributed by atoms with Crippen molar-refractivity contribution in [2.24, 2.45) is 10.7 Å². The first-order valence-electron chi connectivity index (χ1n) is 8.80. The summed E-state index contributed by atoms with van der Waals surface area (Å²) >= 11 is 0. The molecule has 0 saturated heterocycles. The third kappa shape index (κ3) is 6.77. The number of aliphatic hydroxyl groups is 1. The first-order valence-corrected chi connectivity index (χ1v) is 8.80. The number of benzene rings is 2. The largest absolute Gasteiger partial charge is 0.491 e. The molecule has 28 heavy (non-hydrogen) atoms. The van der Waals surface area contributed by atoms with E-state index >= 15 is 0 Å². The molecule has 8 heteroatoms. The van der Waals surface area contributed by atoms with Crippen LogP contribution >= 0.6 is 0 Å². The first kappa shape index (κ1) is 21.6. The van der Waals surface area contributed by atoms with Crippen LogP contribution in [0, 0.1) is 0 Å². The minimum atomic E-state index is -4.45. The van der Waals surface area contributed by atoms with Crippen molar-refractivity contribution in [1.29, 1.82) is 0 Å². The number of aliphatic imine (C=N–C) groups is 1. The number of aliphatic hydroxyl groups excluding tert-OH is 1. The van der Waals surface area contributed by atoms with Crippen molar-refractivity contribution in [2.45, 2.75) is 32.0 Å². The molecular formula is C20H24F3N3O2. The van der Waals surface area contributed by atoms with Gasteiger partial charge in [-0.3, -0.25) is 4.99 Å². The Morgan fingerprint density at radius 3 is 2.57 bits per heavy atom. The Bertz CT molecular complexity index is 807. The molecule has 4 N–H and O–H groups in total.